The Bertz CT molecular complexity index is 246. The Kier molecular flexibility index (Phi) is 4.47. The maximum absolute atomic E-state index is 10.8. The first kappa shape index (κ1) is 11.9. The fourth-order valence-corrected chi connectivity index (χ4v) is 1.27. The average molecular weight is 216 g/mol. The van der Waals surface area contributed by atoms with Gasteiger partial charge in [-0.1, -0.05) is 0 Å². The number of carbonyl (C=O) groups is 2. The van der Waals surface area contributed by atoms with E-state index in [9.17, 15) is 9.59 Å². The van der Waals surface area contributed by atoms with Crippen LogP contribution in [0.2, 0.25) is 0 Å². The molecule has 1 saturated heterocycles. The normalized spacial score (nSPS) is 22.5. The Balaban J connectivity index is 2.02. The van der Waals surface area contributed by atoms with Crippen molar-refractivity contribution in [1.82, 2.24) is 16.0 Å². The third-order valence-corrected chi connectivity index (χ3v) is 2.13. The predicted octanol–water partition coefficient (Wildman–Crippen LogP) is -2.23. The Labute approximate surface area is 87.4 Å². The molecule has 15 heavy (non-hydrogen) atoms. The molecule has 0 aromatic carbocycles. The van der Waals surface area contributed by atoms with Crippen molar-refractivity contribution in [3.05, 3.63) is 0 Å². The van der Waals surface area contributed by atoms with Gasteiger partial charge in [-0.3, -0.25) is 20.2 Å². The van der Waals surface area contributed by atoms with E-state index >= 15 is 0 Å². The van der Waals surface area contributed by atoms with Crippen molar-refractivity contribution in [2.45, 2.75) is 25.2 Å². The molecular formula is C8H16N4O3. The summed E-state index contributed by atoms with van der Waals surface area (Å²) < 4.78 is 0. The summed E-state index contributed by atoms with van der Waals surface area (Å²) in [7, 11) is 0. The van der Waals surface area contributed by atoms with E-state index in [2.05, 4.69) is 16.0 Å². The molecule has 1 aliphatic heterocycles. The third kappa shape index (κ3) is 4.24. The SMILES string of the molecule is N[C@@H](CCCNC1NCC(=O)N1)C(=O)O. The second-order valence-electron chi connectivity index (χ2n) is 3.42. The van der Waals surface area contributed by atoms with Crippen LogP contribution in [0.15, 0.2) is 0 Å². The molecule has 0 aromatic rings. The molecular weight excluding hydrogens is 200 g/mol. The topological polar surface area (TPSA) is 116 Å². The minimum absolute atomic E-state index is 0.0465. The van der Waals surface area contributed by atoms with Crippen molar-refractivity contribution in [3.63, 3.8) is 0 Å². The molecule has 6 N–H and O–H groups in total. The van der Waals surface area contributed by atoms with E-state index in [1.165, 1.54) is 0 Å². The summed E-state index contributed by atoms with van der Waals surface area (Å²) in [4.78, 5) is 21.2. The summed E-state index contributed by atoms with van der Waals surface area (Å²) in [5.74, 6) is -1.03. The van der Waals surface area contributed by atoms with Crippen LogP contribution in [0.4, 0.5) is 0 Å². The van der Waals surface area contributed by atoms with Gasteiger partial charge in [-0.25, -0.2) is 0 Å². The first-order valence-electron chi connectivity index (χ1n) is 4.84. The van der Waals surface area contributed by atoms with E-state index in [-0.39, 0.29) is 12.2 Å². The summed E-state index contributed by atoms with van der Waals surface area (Å²) in [5, 5.41) is 17.1. The molecule has 1 unspecified atom stereocenters. The third-order valence-electron chi connectivity index (χ3n) is 2.13. The highest BCUT2D eigenvalue weighted by Gasteiger charge is 2.18. The van der Waals surface area contributed by atoms with Gasteiger partial charge in [0.2, 0.25) is 5.91 Å². The second kappa shape index (κ2) is 5.64. The van der Waals surface area contributed by atoms with Crippen LogP contribution >= 0.6 is 0 Å². The highest BCUT2D eigenvalue weighted by molar-refractivity contribution is 5.80. The van der Waals surface area contributed by atoms with Crippen molar-refractivity contribution in [2.24, 2.45) is 5.73 Å². The molecule has 0 aliphatic carbocycles. The van der Waals surface area contributed by atoms with Gasteiger partial charge in [-0.2, -0.15) is 0 Å². The second-order valence-corrected chi connectivity index (χ2v) is 3.42. The van der Waals surface area contributed by atoms with Gasteiger partial charge in [0.1, 0.15) is 12.3 Å². The molecule has 0 spiro atoms. The Morgan fingerprint density at radius 3 is 3.00 bits per heavy atom. The molecule has 86 valence electrons. The summed E-state index contributed by atoms with van der Waals surface area (Å²) >= 11 is 0. The average Bonchev–Trinajstić information content (AvgIpc) is 2.58. The molecule has 1 aliphatic rings. The lowest BCUT2D eigenvalue weighted by atomic mass is 10.2. The van der Waals surface area contributed by atoms with Gasteiger partial charge in [0, 0.05) is 0 Å². The largest absolute Gasteiger partial charge is 0.480 e. The molecule has 1 fully saturated rings. The summed E-state index contributed by atoms with van der Waals surface area (Å²) in [6, 6.07) is -0.807. The van der Waals surface area contributed by atoms with Crippen LogP contribution in [-0.4, -0.2) is 42.4 Å². The Hall–Kier alpha value is -1.18. The lowest BCUT2D eigenvalue weighted by Crippen LogP contribution is -2.46. The lowest BCUT2D eigenvalue weighted by molar-refractivity contribution is -0.138. The molecule has 0 aromatic heterocycles. The highest BCUT2D eigenvalue weighted by Crippen LogP contribution is 1.93. The number of carboxylic acids is 1. The van der Waals surface area contributed by atoms with E-state index in [0.717, 1.165) is 0 Å². The van der Waals surface area contributed by atoms with Gasteiger partial charge in [-0.15, -0.1) is 0 Å². The van der Waals surface area contributed by atoms with E-state index in [1.807, 2.05) is 0 Å². The number of aliphatic carboxylic acids is 1. The number of hydrogen-bond acceptors (Lipinski definition) is 5. The quantitative estimate of drug-likeness (QED) is 0.321. The molecule has 0 saturated carbocycles. The first-order valence-corrected chi connectivity index (χ1v) is 4.84. The van der Waals surface area contributed by atoms with Crippen molar-refractivity contribution >= 4 is 11.9 Å². The zero-order chi connectivity index (χ0) is 11.3. The minimum Gasteiger partial charge on any atom is -0.480 e. The number of nitrogens with two attached hydrogens (primary N) is 1. The molecule has 1 rings (SSSR count). The van der Waals surface area contributed by atoms with Gasteiger partial charge in [0.25, 0.3) is 0 Å². The van der Waals surface area contributed by atoms with E-state index in [0.29, 0.717) is 25.9 Å². The smallest absolute Gasteiger partial charge is 0.320 e. The van der Waals surface area contributed by atoms with E-state index in [1.54, 1.807) is 0 Å². The van der Waals surface area contributed by atoms with Gasteiger partial charge in [0.15, 0.2) is 0 Å². The van der Waals surface area contributed by atoms with E-state index in [4.69, 9.17) is 10.8 Å². The molecule has 0 bridgehead atoms. The number of nitrogens with one attached hydrogen (secondary N) is 3. The molecule has 7 nitrogen and oxygen atoms in total. The number of hydrogen-bond donors (Lipinski definition) is 5. The summed E-state index contributed by atoms with van der Waals surface area (Å²) in [6.45, 7) is 0.922. The van der Waals surface area contributed by atoms with Crippen molar-refractivity contribution in [1.29, 1.82) is 0 Å². The van der Waals surface area contributed by atoms with Crippen molar-refractivity contribution < 1.29 is 14.7 Å². The Morgan fingerprint density at radius 2 is 2.47 bits per heavy atom. The summed E-state index contributed by atoms with van der Waals surface area (Å²) in [5.41, 5.74) is 5.32. The van der Waals surface area contributed by atoms with Crippen molar-refractivity contribution in [3.8, 4) is 0 Å². The van der Waals surface area contributed by atoms with Crippen LogP contribution in [0.5, 0.6) is 0 Å². The molecule has 7 heteroatoms. The zero-order valence-electron chi connectivity index (χ0n) is 8.32. The van der Waals surface area contributed by atoms with E-state index < -0.39 is 12.0 Å². The van der Waals surface area contributed by atoms with Gasteiger partial charge < -0.3 is 16.2 Å². The molecule has 1 amide bonds. The Morgan fingerprint density at radius 1 is 1.73 bits per heavy atom. The maximum atomic E-state index is 10.8. The monoisotopic (exact) mass is 216 g/mol. The molecule has 0 radical (unpaired) electrons. The van der Waals surface area contributed by atoms with Crippen LogP contribution in [0.25, 0.3) is 0 Å². The highest BCUT2D eigenvalue weighted by atomic mass is 16.4. The van der Waals surface area contributed by atoms with Crippen molar-refractivity contribution in [2.75, 3.05) is 13.1 Å². The van der Waals surface area contributed by atoms with Gasteiger partial charge in [-0.05, 0) is 19.4 Å². The standard InChI is InChI=1S/C8H16N4O3/c9-5(7(14)15)2-1-3-10-8-11-4-6(13)12-8/h5,8,10-11H,1-4,9H2,(H,12,13)(H,14,15)/t5-,8?/m0/s1. The first-order chi connectivity index (χ1) is 7.09. The van der Waals surface area contributed by atoms with Crippen LogP contribution in [0, 0.1) is 0 Å². The number of rotatable bonds is 6. The molecule has 1 heterocycles. The zero-order valence-corrected chi connectivity index (χ0v) is 8.32. The minimum atomic E-state index is -0.984. The number of carboxylic acid groups (broad SMARTS) is 1. The summed E-state index contributed by atoms with van der Waals surface area (Å²) in [6.07, 6.45) is 0.864. The fraction of sp³-hybridized carbons (Fsp3) is 0.750. The molecule has 2 atom stereocenters. The maximum Gasteiger partial charge on any atom is 0.320 e. The van der Waals surface area contributed by atoms with Crippen LogP contribution in [-0.2, 0) is 9.59 Å². The van der Waals surface area contributed by atoms with Gasteiger partial charge >= 0.3 is 5.97 Å². The number of carbonyl (C=O) groups excluding carboxylic acids is 1. The lowest BCUT2D eigenvalue weighted by Gasteiger charge is -2.13. The van der Waals surface area contributed by atoms with Crippen LogP contribution in [0.1, 0.15) is 12.8 Å². The predicted molar refractivity (Wildman–Crippen MR) is 52.8 cm³/mol. The van der Waals surface area contributed by atoms with Crippen LogP contribution < -0.4 is 21.7 Å². The van der Waals surface area contributed by atoms with Gasteiger partial charge in [0.05, 0.1) is 6.54 Å². The fourth-order valence-electron chi connectivity index (χ4n) is 1.27. The number of amides is 1. The van der Waals surface area contributed by atoms with Crippen LogP contribution in [0.3, 0.4) is 0 Å².